The molecule has 18 heavy (non-hydrogen) atoms. The molecule has 1 aliphatic rings. The van der Waals surface area contributed by atoms with Gasteiger partial charge in [0, 0.05) is 23.7 Å². The quantitative estimate of drug-likeness (QED) is 0.860. The molecular formula is C13H22N4O. The lowest BCUT2D eigenvalue weighted by atomic mass is 9.80. The molecule has 1 aliphatic heterocycles. The van der Waals surface area contributed by atoms with E-state index in [-0.39, 0.29) is 11.3 Å². The third-order valence-corrected chi connectivity index (χ3v) is 3.63. The maximum absolute atomic E-state index is 12.3. The van der Waals surface area contributed by atoms with Crippen molar-refractivity contribution < 1.29 is 4.79 Å². The third-order valence-electron chi connectivity index (χ3n) is 3.63. The van der Waals surface area contributed by atoms with Crippen LogP contribution in [0.4, 0.5) is 5.82 Å². The first-order valence-corrected chi connectivity index (χ1v) is 6.59. The fourth-order valence-corrected chi connectivity index (χ4v) is 2.17. The molecule has 1 aromatic heterocycles. The maximum atomic E-state index is 12.3. The average Bonchev–Trinajstić information content (AvgIpc) is 2.78. The summed E-state index contributed by atoms with van der Waals surface area (Å²) in [6.07, 6.45) is 3.65. The highest BCUT2D eigenvalue weighted by atomic mass is 16.2. The van der Waals surface area contributed by atoms with Crippen molar-refractivity contribution in [3.63, 3.8) is 0 Å². The molecule has 0 unspecified atom stereocenters. The molecule has 5 heteroatoms. The minimum absolute atomic E-state index is 0.0815. The van der Waals surface area contributed by atoms with E-state index in [2.05, 4.69) is 29.6 Å². The van der Waals surface area contributed by atoms with Crippen molar-refractivity contribution >= 4 is 11.7 Å². The molecule has 0 saturated carbocycles. The Balaban J connectivity index is 2.01. The van der Waals surface area contributed by atoms with Gasteiger partial charge in [-0.15, -0.1) is 0 Å². The van der Waals surface area contributed by atoms with Crippen LogP contribution in [0.5, 0.6) is 0 Å². The standard InChI is InChI=1S/C13H22N4O/c1-10(2)17-9-4-11(16-17)15-12(18)13(3)5-7-14-8-6-13/h4,9-10,14H,5-8H2,1-3H3,(H,15,16,18). The predicted molar refractivity (Wildman–Crippen MR) is 71.5 cm³/mol. The van der Waals surface area contributed by atoms with Crippen LogP contribution in [0.2, 0.25) is 0 Å². The van der Waals surface area contributed by atoms with Crippen LogP contribution in [0.3, 0.4) is 0 Å². The summed E-state index contributed by atoms with van der Waals surface area (Å²) < 4.78 is 1.85. The average molecular weight is 250 g/mol. The van der Waals surface area contributed by atoms with Crippen molar-refractivity contribution in [1.82, 2.24) is 15.1 Å². The number of amides is 1. The number of hydrogen-bond donors (Lipinski definition) is 2. The minimum Gasteiger partial charge on any atom is -0.317 e. The maximum Gasteiger partial charge on any atom is 0.231 e. The second kappa shape index (κ2) is 5.10. The molecule has 2 rings (SSSR count). The molecule has 5 nitrogen and oxygen atoms in total. The molecule has 1 amide bonds. The Morgan fingerprint density at radius 3 is 2.72 bits per heavy atom. The molecule has 0 spiro atoms. The fourth-order valence-electron chi connectivity index (χ4n) is 2.17. The molecule has 1 aromatic rings. The van der Waals surface area contributed by atoms with Gasteiger partial charge in [-0.2, -0.15) is 5.10 Å². The summed E-state index contributed by atoms with van der Waals surface area (Å²) in [5.41, 5.74) is -0.271. The topological polar surface area (TPSA) is 59.0 Å². The predicted octanol–water partition coefficient (Wildman–Crippen LogP) is 1.79. The van der Waals surface area contributed by atoms with Crippen molar-refractivity contribution in [2.75, 3.05) is 18.4 Å². The number of hydrogen-bond acceptors (Lipinski definition) is 3. The van der Waals surface area contributed by atoms with Gasteiger partial charge in [0.1, 0.15) is 0 Å². The van der Waals surface area contributed by atoms with E-state index >= 15 is 0 Å². The first kappa shape index (κ1) is 13.1. The Kier molecular flexibility index (Phi) is 3.71. The third kappa shape index (κ3) is 2.72. The second-order valence-corrected chi connectivity index (χ2v) is 5.54. The Morgan fingerprint density at radius 1 is 1.50 bits per heavy atom. The van der Waals surface area contributed by atoms with E-state index in [1.165, 1.54) is 0 Å². The van der Waals surface area contributed by atoms with E-state index in [1.54, 1.807) is 0 Å². The van der Waals surface area contributed by atoms with E-state index in [9.17, 15) is 4.79 Å². The van der Waals surface area contributed by atoms with Gasteiger partial charge >= 0.3 is 0 Å². The summed E-state index contributed by atoms with van der Waals surface area (Å²) in [6.45, 7) is 7.97. The smallest absolute Gasteiger partial charge is 0.231 e. The highest BCUT2D eigenvalue weighted by Gasteiger charge is 2.34. The summed E-state index contributed by atoms with van der Waals surface area (Å²) in [5.74, 6) is 0.728. The van der Waals surface area contributed by atoms with Crippen LogP contribution in [-0.4, -0.2) is 28.8 Å². The largest absolute Gasteiger partial charge is 0.317 e. The number of nitrogens with zero attached hydrogens (tertiary/aromatic N) is 2. The number of carbonyl (C=O) groups excluding carboxylic acids is 1. The summed E-state index contributed by atoms with van der Waals surface area (Å²) >= 11 is 0. The summed E-state index contributed by atoms with van der Waals surface area (Å²) in [5, 5.41) is 10.6. The Hall–Kier alpha value is -1.36. The van der Waals surface area contributed by atoms with Gasteiger partial charge in [-0.1, -0.05) is 6.92 Å². The highest BCUT2D eigenvalue weighted by molar-refractivity contribution is 5.94. The fraction of sp³-hybridized carbons (Fsp3) is 0.692. The Morgan fingerprint density at radius 2 is 2.17 bits per heavy atom. The van der Waals surface area contributed by atoms with Gasteiger partial charge < -0.3 is 10.6 Å². The zero-order valence-corrected chi connectivity index (χ0v) is 11.4. The van der Waals surface area contributed by atoms with Crippen molar-refractivity contribution in [1.29, 1.82) is 0 Å². The molecule has 100 valence electrons. The van der Waals surface area contributed by atoms with Crippen LogP contribution < -0.4 is 10.6 Å². The molecule has 0 aromatic carbocycles. The van der Waals surface area contributed by atoms with E-state index < -0.39 is 0 Å². The van der Waals surface area contributed by atoms with Crippen LogP contribution in [0.1, 0.15) is 39.7 Å². The van der Waals surface area contributed by atoms with Crippen LogP contribution >= 0.6 is 0 Å². The van der Waals surface area contributed by atoms with Gasteiger partial charge in [-0.25, -0.2) is 0 Å². The molecule has 1 saturated heterocycles. The van der Waals surface area contributed by atoms with Crippen LogP contribution in [0.15, 0.2) is 12.3 Å². The van der Waals surface area contributed by atoms with Gasteiger partial charge in [-0.3, -0.25) is 9.48 Å². The lowest BCUT2D eigenvalue weighted by molar-refractivity contribution is -0.126. The Labute approximate surface area is 108 Å². The zero-order chi connectivity index (χ0) is 13.2. The minimum atomic E-state index is -0.271. The number of rotatable bonds is 3. The number of nitrogens with one attached hydrogen (secondary N) is 2. The lowest BCUT2D eigenvalue weighted by Crippen LogP contribution is -2.42. The molecule has 2 N–H and O–H groups in total. The first-order valence-electron chi connectivity index (χ1n) is 6.59. The number of piperidine rings is 1. The highest BCUT2D eigenvalue weighted by Crippen LogP contribution is 2.29. The van der Waals surface area contributed by atoms with Crippen LogP contribution in [0.25, 0.3) is 0 Å². The number of aromatic nitrogens is 2. The van der Waals surface area contributed by atoms with E-state index in [4.69, 9.17) is 0 Å². The molecular weight excluding hydrogens is 228 g/mol. The van der Waals surface area contributed by atoms with Crippen molar-refractivity contribution in [2.24, 2.45) is 5.41 Å². The molecule has 0 radical (unpaired) electrons. The summed E-state index contributed by atoms with van der Waals surface area (Å²) in [6, 6.07) is 2.16. The van der Waals surface area contributed by atoms with E-state index in [0.29, 0.717) is 11.9 Å². The number of anilines is 1. The van der Waals surface area contributed by atoms with Crippen molar-refractivity contribution in [2.45, 2.75) is 39.7 Å². The van der Waals surface area contributed by atoms with Gasteiger partial charge in [0.15, 0.2) is 5.82 Å². The Bertz CT molecular complexity index is 418. The SMILES string of the molecule is CC(C)n1ccc(NC(=O)C2(C)CCNCC2)n1. The lowest BCUT2D eigenvalue weighted by Gasteiger charge is -2.32. The molecule has 2 heterocycles. The van der Waals surface area contributed by atoms with Crippen LogP contribution in [0, 0.1) is 5.41 Å². The van der Waals surface area contributed by atoms with Crippen LogP contribution in [-0.2, 0) is 4.79 Å². The first-order chi connectivity index (χ1) is 8.51. The molecule has 0 aliphatic carbocycles. The normalized spacial score (nSPS) is 18.9. The second-order valence-electron chi connectivity index (χ2n) is 5.54. The monoisotopic (exact) mass is 250 g/mol. The summed E-state index contributed by atoms with van der Waals surface area (Å²) in [4.78, 5) is 12.3. The summed E-state index contributed by atoms with van der Waals surface area (Å²) in [7, 11) is 0. The van der Waals surface area contributed by atoms with Crippen molar-refractivity contribution in [3.8, 4) is 0 Å². The molecule has 0 bridgehead atoms. The van der Waals surface area contributed by atoms with Gasteiger partial charge in [0.25, 0.3) is 0 Å². The van der Waals surface area contributed by atoms with E-state index in [0.717, 1.165) is 25.9 Å². The van der Waals surface area contributed by atoms with Gasteiger partial charge in [-0.05, 0) is 39.8 Å². The zero-order valence-electron chi connectivity index (χ0n) is 11.4. The van der Waals surface area contributed by atoms with Gasteiger partial charge in [0.05, 0.1) is 0 Å². The molecule has 0 atom stereocenters. The number of carbonyl (C=O) groups is 1. The molecule has 1 fully saturated rings. The van der Waals surface area contributed by atoms with E-state index in [1.807, 2.05) is 23.9 Å². The van der Waals surface area contributed by atoms with Crippen molar-refractivity contribution in [3.05, 3.63) is 12.3 Å². The van der Waals surface area contributed by atoms with Gasteiger partial charge in [0.2, 0.25) is 5.91 Å².